The topological polar surface area (TPSA) is 79.8 Å². The number of thiazole rings is 1. The molecule has 5 rings (SSSR count). The second kappa shape index (κ2) is 10.2. The van der Waals surface area contributed by atoms with Crippen molar-refractivity contribution in [2.75, 3.05) is 31.1 Å². The van der Waals surface area contributed by atoms with E-state index in [1.165, 1.54) is 33.8 Å². The smallest absolute Gasteiger partial charge is 0.245 e. The molecule has 0 radical (unpaired) electrons. The first kappa shape index (κ1) is 25.3. The molecule has 2 saturated heterocycles. The predicted octanol–water partition coefficient (Wildman–Crippen LogP) is 4.67. The minimum absolute atomic E-state index is 0.0367. The Morgan fingerprint density at radius 3 is 2.61 bits per heavy atom. The molecule has 0 spiro atoms. The summed E-state index contributed by atoms with van der Waals surface area (Å²) in [7, 11) is -3.96. The van der Waals surface area contributed by atoms with Crippen molar-refractivity contribution < 1.29 is 22.3 Å². The average Bonchev–Trinajstić information content (AvgIpc) is 3.55. The molecule has 0 saturated carbocycles. The largest absolute Gasteiger partial charge is 0.376 e. The van der Waals surface area contributed by atoms with Gasteiger partial charge < -0.3 is 4.74 Å². The number of benzene rings is 2. The fourth-order valence-corrected chi connectivity index (χ4v) is 7.52. The molecule has 1 unspecified atom stereocenters. The molecular formula is C26H30FN3O4S2. The molecule has 36 heavy (non-hydrogen) atoms. The molecule has 3 heterocycles. The maximum absolute atomic E-state index is 14.2. The van der Waals surface area contributed by atoms with Crippen molar-refractivity contribution >= 4 is 42.6 Å². The number of sulfonamides is 1. The van der Waals surface area contributed by atoms with E-state index in [1.807, 2.05) is 19.9 Å². The third-order valence-electron chi connectivity index (χ3n) is 7.24. The highest BCUT2D eigenvalue weighted by atomic mass is 32.2. The zero-order valence-corrected chi connectivity index (χ0v) is 22.1. The van der Waals surface area contributed by atoms with Crippen LogP contribution >= 0.6 is 11.3 Å². The van der Waals surface area contributed by atoms with Gasteiger partial charge in [0.2, 0.25) is 15.9 Å². The minimum Gasteiger partial charge on any atom is -0.376 e. The van der Waals surface area contributed by atoms with Crippen molar-refractivity contribution in [1.82, 2.24) is 9.29 Å². The lowest BCUT2D eigenvalue weighted by Crippen LogP contribution is -2.46. The van der Waals surface area contributed by atoms with E-state index in [0.29, 0.717) is 31.1 Å². The van der Waals surface area contributed by atoms with Gasteiger partial charge in [-0.3, -0.25) is 9.69 Å². The van der Waals surface area contributed by atoms with E-state index in [1.54, 1.807) is 4.90 Å². The van der Waals surface area contributed by atoms with Crippen LogP contribution in [-0.4, -0.2) is 56.0 Å². The molecule has 7 nitrogen and oxygen atoms in total. The van der Waals surface area contributed by atoms with E-state index in [0.717, 1.165) is 40.3 Å². The van der Waals surface area contributed by atoms with Gasteiger partial charge >= 0.3 is 0 Å². The summed E-state index contributed by atoms with van der Waals surface area (Å²) in [6, 6.07) is 9.51. The number of carbonyl (C=O) groups is 1. The van der Waals surface area contributed by atoms with Gasteiger partial charge in [0.25, 0.3) is 0 Å². The summed E-state index contributed by atoms with van der Waals surface area (Å²) in [4.78, 5) is 20.1. The molecule has 0 aliphatic carbocycles. The molecule has 1 amide bonds. The summed E-state index contributed by atoms with van der Waals surface area (Å²) in [5, 5.41) is 0.653. The molecular weight excluding hydrogens is 501 g/mol. The molecule has 0 N–H and O–H groups in total. The Morgan fingerprint density at radius 1 is 1.17 bits per heavy atom. The van der Waals surface area contributed by atoms with E-state index in [-0.39, 0.29) is 35.9 Å². The van der Waals surface area contributed by atoms with Crippen molar-refractivity contribution in [1.29, 1.82) is 0 Å². The van der Waals surface area contributed by atoms with Gasteiger partial charge in [-0.1, -0.05) is 29.5 Å². The summed E-state index contributed by atoms with van der Waals surface area (Å²) in [5.74, 6) is -1.16. The zero-order chi connectivity index (χ0) is 25.4. The van der Waals surface area contributed by atoms with E-state index >= 15 is 0 Å². The minimum atomic E-state index is -3.96. The summed E-state index contributed by atoms with van der Waals surface area (Å²) < 4.78 is 48.3. The van der Waals surface area contributed by atoms with Crippen molar-refractivity contribution in [3.05, 3.63) is 53.3 Å². The molecule has 2 fully saturated rings. The van der Waals surface area contributed by atoms with Gasteiger partial charge in [-0.25, -0.2) is 17.8 Å². The van der Waals surface area contributed by atoms with Crippen LogP contribution in [0, 0.1) is 25.6 Å². The van der Waals surface area contributed by atoms with Crippen molar-refractivity contribution in [2.24, 2.45) is 5.92 Å². The monoisotopic (exact) mass is 531 g/mol. The number of aromatic nitrogens is 1. The first-order chi connectivity index (χ1) is 17.3. The van der Waals surface area contributed by atoms with Crippen molar-refractivity contribution in [3.63, 3.8) is 0 Å². The van der Waals surface area contributed by atoms with Crippen LogP contribution in [0.15, 0.2) is 41.3 Å². The number of anilines is 1. The normalized spacial score (nSPS) is 19.7. The Kier molecular flexibility index (Phi) is 7.13. The molecule has 3 aromatic rings. The highest BCUT2D eigenvalue weighted by Crippen LogP contribution is 2.35. The van der Waals surface area contributed by atoms with Crippen LogP contribution < -0.4 is 4.90 Å². The number of hydrogen-bond donors (Lipinski definition) is 0. The van der Waals surface area contributed by atoms with Gasteiger partial charge in [0.15, 0.2) is 5.13 Å². The number of piperidine rings is 1. The predicted molar refractivity (Wildman–Crippen MR) is 138 cm³/mol. The second-order valence-corrected chi connectivity index (χ2v) is 12.5. The number of rotatable bonds is 6. The quantitative estimate of drug-likeness (QED) is 0.462. The maximum Gasteiger partial charge on any atom is 0.245 e. The Balaban J connectivity index is 1.36. The van der Waals surface area contributed by atoms with Gasteiger partial charge in [0.1, 0.15) is 10.7 Å². The SMILES string of the molecule is Cc1ccc2sc(N(CC3CCCO3)C(=O)C3CCN(S(=O)(=O)c4ccccc4F)CC3)nc2c1C. The van der Waals surface area contributed by atoms with Crippen LogP contribution in [0.1, 0.15) is 36.8 Å². The first-order valence-corrected chi connectivity index (χ1v) is 14.6. The second-order valence-electron chi connectivity index (χ2n) is 9.54. The lowest BCUT2D eigenvalue weighted by atomic mass is 9.96. The standard InChI is InChI=1S/C26H30FN3O4S2/c1-17-9-10-22-24(18(17)2)28-26(35-22)30(16-20-6-5-15-34-20)25(31)19-11-13-29(14-12-19)36(32,33)23-8-4-3-7-21(23)27/h3-4,7-10,19-20H,5-6,11-16H2,1-2H3. The summed E-state index contributed by atoms with van der Waals surface area (Å²) in [6.07, 6.45) is 2.57. The Hall–Kier alpha value is -2.40. The summed E-state index contributed by atoms with van der Waals surface area (Å²) >= 11 is 1.50. The van der Waals surface area contributed by atoms with E-state index in [2.05, 4.69) is 6.07 Å². The van der Waals surface area contributed by atoms with Crippen LogP contribution in [0.2, 0.25) is 0 Å². The number of fused-ring (bicyclic) bond motifs is 1. The summed E-state index contributed by atoms with van der Waals surface area (Å²) in [6.45, 7) is 5.55. The Morgan fingerprint density at radius 2 is 1.92 bits per heavy atom. The Labute approximate surface area is 214 Å². The van der Waals surface area contributed by atoms with Gasteiger partial charge in [0.05, 0.1) is 22.9 Å². The van der Waals surface area contributed by atoms with Gasteiger partial charge in [0, 0.05) is 25.6 Å². The number of aryl methyl sites for hydroxylation is 2. The molecule has 0 bridgehead atoms. The highest BCUT2D eigenvalue weighted by molar-refractivity contribution is 7.89. The fourth-order valence-electron chi connectivity index (χ4n) is 4.94. The van der Waals surface area contributed by atoms with E-state index in [9.17, 15) is 17.6 Å². The third kappa shape index (κ3) is 4.79. The molecule has 10 heteroatoms. The van der Waals surface area contributed by atoms with E-state index < -0.39 is 15.8 Å². The average molecular weight is 532 g/mol. The molecule has 1 aromatic heterocycles. The fraction of sp³-hybridized carbons (Fsp3) is 0.462. The van der Waals surface area contributed by atoms with Gasteiger partial charge in [-0.05, 0) is 68.9 Å². The van der Waals surface area contributed by atoms with Crippen molar-refractivity contribution in [2.45, 2.75) is 50.5 Å². The van der Waals surface area contributed by atoms with Crippen LogP contribution in [0.5, 0.6) is 0 Å². The zero-order valence-electron chi connectivity index (χ0n) is 20.4. The number of nitrogens with zero attached hydrogens (tertiary/aromatic N) is 3. The number of hydrogen-bond acceptors (Lipinski definition) is 6. The molecule has 2 aliphatic heterocycles. The lowest BCUT2D eigenvalue weighted by molar-refractivity contribution is -0.123. The Bertz CT molecular complexity index is 1380. The summed E-state index contributed by atoms with van der Waals surface area (Å²) in [5.41, 5.74) is 3.16. The molecule has 1 atom stereocenters. The van der Waals surface area contributed by atoms with E-state index in [4.69, 9.17) is 9.72 Å². The van der Waals surface area contributed by atoms with Gasteiger partial charge in [-0.15, -0.1) is 0 Å². The number of ether oxygens (including phenoxy) is 1. The molecule has 2 aromatic carbocycles. The number of amides is 1. The first-order valence-electron chi connectivity index (χ1n) is 12.3. The van der Waals surface area contributed by atoms with Crippen LogP contribution in [0.25, 0.3) is 10.2 Å². The van der Waals surface area contributed by atoms with Crippen LogP contribution in [-0.2, 0) is 19.6 Å². The highest BCUT2D eigenvalue weighted by Gasteiger charge is 2.37. The van der Waals surface area contributed by atoms with Crippen LogP contribution in [0.3, 0.4) is 0 Å². The molecule has 192 valence electrons. The number of carbonyl (C=O) groups excluding carboxylic acids is 1. The maximum atomic E-state index is 14.2. The number of halogens is 1. The lowest BCUT2D eigenvalue weighted by Gasteiger charge is -2.33. The molecule has 2 aliphatic rings. The van der Waals surface area contributed by atoms with Gasteiger partial charge in [-0.2, -0.15) is 4.31 Å². The third-order valence-corrected chi connectivity index (χ3v) is 10.2. The van der Waals surface area contributed by atoms with Crippen LogP contribution in [0.4, 0.5) is 9.52 Å². The van der Waals surface area contributed by atoms with Crippen molar-refractivity contribution in [3.8, 4) is 0 Å².